The number of hydrogen-bond donors (Lipinski definition) is 7. The molecular formula is C28H33ClN8O5. The van der Waals surface area contributed by atoms with E-state index in [4.69, 9.17) is 27.8 Å². The number of nitrogens with zero attached hydrogens (tertiary/aromatic N) is 3. The number of hydrogen-bond acceptors (Lipinski definition) is 11. The van der Waals surface area contributed by atoms with Gasteiger partial charge in [0.05, 0.1) is 18.2 Å². The Labute approximate surface area is 247 Å². The van der Waals surface area contributed by atoms with E-state index < -0.39 is 41.4 Å². The Balaban J connectivity index is 1.26. The minimum Gasteiger partial charge on any atom is -0.492 e. The lowest BCUT2D eigenvalue weighted by molar-refractivity contribution is -0.230. The second-order valence-corrected chi connectivity index (χ2v) is 12.1. The molecule has 13 nitrogen and oxygen atoms in total. The monoisotopic (exact) mass is 596 g/mol. The van der Waals surface area contributed by atoms with Crippen LogP contribution in [0.4, 0.5) is 0 Å². The minimum absolute atomic E-state index is 0.0305. The molecule has 2 aromatic carbocycles. The summed E-state index contributed by atoms with van der Waals surface area (Å²) in [6.07, 6.45) is 0.801. The lowest BCUT2D eigenvalue weighted by atomic mass is 9.79. The normalized spacial score (nSPS) is 28.2. The lowest BCUT2D eigenvalue weighted by Gasteiger charge is -2.49. The van der Waals surface area contributed by atoms with Crippen LogP contribution >= 0.6 is 11.6 Å². The van der Waals surface area contributed by atoms with Crippen molar-refractivity contribution in [1.82, 2.24) is 20.9 Å². The van der Waals surface area contributed by atoms with Crippen molar-refractivity contribution >= 4 is 35.3 Å². The number of carbonyl (C=O) groups excluding carboxylic acids is 2. The quantitative estimate of drug-likeness (QED) is 0.224. The number of guanidine groups is 2. The fraction of sp³-hybridized carbons (Fsp3) is 0.429. The summed E-state index contributed by atoms with van der Waals surface area (Å²) < 4.78 is 5.90. The number of carbonyl (C=O) groups is 2. The van der Waals surface area contributed by atoms with Crippen LogP contribution < -0.4 is 32.2 Å². The SMILES string of the molecule is CC1(C)CCOc2c(C(=O)NC3CN4C(N)=N[C@@H](CNC(=O)c5cccc(Cl)c5)[C@@H]5N=C(N)N[C@@]54C3(O)O)cccc21. The predicted octanol–water partition coefficient (Wildman–Crippen LogP) is -0.395. The van der Waals surface area contributed by atoms with Gasteiger partial charge in [0.25, 0.3) is 11.8 Å². The molecule has 1 unspecified atom stereocenters. The first-order valence-electron chi connectivity index (χ1n) is 13.6. The van der Waals surface area contributed by atoms with E-state index in [0.29, 0.717) is 22.9 Å². The predicted molar refractivity (Wildman–Crippen MR) is 155 cm³/mol. The van der Waals surface area contributed by atoms with Gasteiger partial charge >= 0.3 is 0 Å². The zero-order chi connectivity index (χ0) is 30.0. The number of ether oxygens (including phenoxy) is 1. The van der Waals surface area contributed by atoms with Gasteiger partial charge in [-0.2, -0.15) is 0 Å². The van der Waals surface area contributed by atoms with E-state index in [0.717, 1.165) is 12.0 Å². The number of benzene rings is 2. The average Bonchev–Trinajstić information content (AvgIpc) is 3.40. The van der Waals surface area contributed by atoms with E-state index in [1.807, 2.05) is 6.07 Å². The van der Waals surface area contributed by atoms with Crippen LogP contribution in [0.3, 0.4) is 0 Å². The molecule has 222 valence electrons. The van der Waals surface area contributed by atoms with Gasteiger partial charge in [0.15, 0.2) is 17.6 Å². The third-order valence-corrected chi connectivity index (χ3v) is 8.86. The molecular weight excluding hydrogens is 564 g/mol. The van der Waals surface area contributed by atoms with Crippen LogP contribution in [-0.4, -0.2) is 88.1 Å². The molecule has 1 spiro atoms. The van der Waals surface area contributed by atoms with Crippen molar-refractivity contribution in [2.45, 2.75) is 55.3 Å². The molecule has 1 saturated heterocycles. The standard InChI is InChI=1S/C28H33ClN8O5/c1-26(2)9-10-42-20-16(7-4-8-17(20)26)23(39)34-19-13-37-25(31)33-18(12-32-22(38)14-5-3-6-15(29)11-14)21-27(37,28(19,40)41)36-24(30)35-21/h3-8,11,18-19,21,40-41H,9-10,12-13H2,1-2H3,(H2,31,33)(H,32,38)(H,34,39)(H3,30,35,36)/t18-,19?,21-,27-/m0/s1. The second-order valence-electron chi connectivity index (χ2n) is 11.7. The molecule has 0 aliphatic carbocycles. The molecule has 0 aromatic heterocycles. The molecule has 4 atom stereocenters. The van der Waals surface area contributed by atoms with Crippen molar-refractivity contribution in [2.75, 3.05) is 19.7 Å². The smallest absolute Gasteiger partial charge is 0.255 e. The van der Waals surface area contributed by atoms with Crippen molar-refractivity contribution in [3.8, 4) is 5.75 Å². The summed E-state index contributed by atoms with van der Waals surface area (Å²) in [5.74, 6) is -3.18. The Morgan fingerprint density at radius 2 is 1.93 bits per heavy atom. The van der Waals surface area contributed by atoms with Crippen LogP contribution in [0.1, 0.15) is 46.5 Å². The number of aliphatic hydroxyl groups is 2. The maximum atomic E-state index is 13.6. The summed E-state index contributed by atoms with van der Waals surface area (Å²) in [5.41, 5.74) is 12.0. The number of nitrogens with one attached hydrogen (secondary N) is 3. The fourth-order valence-corrected chi connectivity index (χ4v) is 6.55. The van der Waals surface area contributed by atoms with Crippen LogP contribution in [0.2, 0.25) is 5.02 Å². The highest BCUT2D eigenvalue weighted by Crippen LogP contribution is 2.45. The molecule has 6 rings (SSSR count). The van der Waals surface area contributed by atoms with E-state index in [-0.39, 0.29) is 36.0 Å². The molecule has 2 aromatic rings. The van der Waals surface area contributed by atoms with Gasteiger partial charge in [-0.25, -0.2) is 9.98 Å². The van der Waals surface area contributed by atoms with Gasteiger partial charge in [0, 0.05) is 29.2 Å². The van der Waals surface area contributed by atoms with Crippen LogP contribution in [-0.2, 0) is 5.41 Å². The largest absolute Gasteiger partial charge is 0.492 e. The first kappa shape index (κ1) is 28.1. The highest BCUT2D eigenvalue weighted by Gasteiger charge is 2.73. The molecule has 0 saturated carbocycles. The first-order chi connectivity index (χ1) is 19.8. The van der Waals surface area contributed by atoms with E-state index in [9.17, 15) is 19.8 Å². The molecule has 4 aliphatic rings. The number of rotatable bonds is 5. The highest BCUT2D eigenvalue weighted by atomic mass is 35.5. The highest BCUT2D eigenvalue weighted by molar-refractivity contribution is 6.31. The number of halogens is 1. The third-order valence-electron chi connectivity index (χ3n) is 8.63. The Morgan fingerprint density at radius 3 is 2.69 bits per heavy atom. The third kappa shape index (κ3) is 4.22. The van der Waals surface area contributed by atoms with E-state index >= 15 is 0 Å². The Bertz CT molecular complexity index is 1530. The van der Waals surface area contributed by atoms with Crippen molar-refractivity contribution in [2.24, 2.45) is 21.5 Å². The zero-order valence-corrected chi connectivity index (χ0v) is 23.9. The van der Waals surface area contributed by atoms with Crippen LogP contribution in [0.25, 0.3) is 0 Å². The Kier molecular flexibility index (Phi) is 6.52. The summed E-state index contributed by atoms with van der Waals surface area (Å²) in [6.45, 7) is 4.48. The molecule has 9 N–H and O–H groups in total. The molecule has 1 fully saturated rings. The van der Waals surface area contributed by atoms with Crippen molar-refractivity contribution in [3.05, 3.63) is 64.2 Å². The summed E-state index contributed by atoms with van der Waals surface area (Å²) in [6, 6.07) is 8.77. The molecule has 14 heteroatoms. The lowest BCUT2D eigenvalue weighted by Crippen LogP contribution is -2.78. The summed E-state index contributed by atoms with van der Waals surface area (Å²) >= 11 is 6.02. The minimum atomic E-state index is -2.62. The number of amides is 2. The van der Waals surface area contributed by atoms with Gasteiger partial charge < -0.3 is 47.3 Å². The average molecular weight is 597 g/mol. The second kappa shape index (κ2) is 9.75. The van der Waals surface area contributed by atoms with Gasteiger partial charge in [0.2, 0.25) is 5.79 Å². The van der Waals surface area contributed by atoms with Gasteiger partial charge in [-0.05, 0) is 36.1 Å². The van der Waals surface area contributed by atoms with E-state index in [1.165, 1.54) is 11.0 Å². The number of para-hydroxylation sites is 1. The van der Waals surface area contributed by atoms with Crippen molar-refractivity contribution < 1.29 is 24.5 Å². The topological polar surface area (TPSA) is 200 Å². The van der Waals surface area contributed by atoms with Gasteiger partial charge in [0.1, 0.15) is 17.8 Å². The molecule has 4 aliphatic heterocycles. The molecule has 2 amide bonds. The van der Waals surface area contributed by atoms with E-state index in [2.05, 4.69) is 39.8 Å². The summed E-state index contributed by atoms with van der Waals surface area (Å²) in [5, 5.41) is 32.3. The van der Waals surface area contributed by atoms with Crippen LogP contribution in [0, 0.1) is 0 Å². The molecule has 42 heavy (non-hydrogen) atoms. The number of aliphatic imine (C=N–C) groups is 2. The zero-order valence-electron chi connectivity index (χ0n) is 23.1. The van der Waals surface area contributed by atoms with Gasteiger partial charge in [-0.3, -0.25) is 9.59 Å². The molecule has 4 heterocycles. The van der Waals surface area contributed by atoms with E-state index in [1.54, 1.807) is 30.3 Å². The van der Waals surface area contributed by atoms with Crippen molar-refractivity contribution in [3.63, 3.8) is 0 Å². The molecule has 0 radical (unpaired) electrons. The number of fused-ring (bicyclic) bond motifs is 1. The van der Waals surface area contributed by atoms with Gasteiger partial charge in [-0.1, -0.05) is 43.6 Å². The first-order valence-corrected chi connectivity index (χ1v) is 14.0. The van der Waals surface area contributed by atoms with Crippen LogP contribution in [0.5, 0.6) is 5.75 Å². The van der Waals surface area contributed by atoms with Crippen molar-refractivity contribution in [1.29, 1.82) is 0 Å². The maximum Gasteiger partial charge on any atom is 0.255 e. The fourth-order valence-electron chi connectivity index (χ4n) is 6.36. The maximum absolute atomic E-state index is 13.6. The molecule has 0 bridgehead atoms. The summed E-state index contributed by atoms with van der Waals surface area (Å²) in [7, 11) is 0. The number of nitrogens with two attached hydrogens (primary N) is 2. The Morgan fingerprint density at radius 1 is 1.17 bits per heavy atom. The Hall–Kier alpha value is -4.07. The summed E-state index contributed by atoms with van der Waals surface area (Å²) in [4.78, 5) is 36.8. The van der Waals surface area contributed by atoms with Crippen LogP contribution in [0.15, 0.2) is 52.4 Å². The van der Waals surface area contributed by atoms with Gasteiger partial charge in [-0.15, -0.1) is 0 Å².